The van der Waals surface area contributed by atoms with Gasteiger partial charge in [-0.1, -0.05) is 15.9 Å². The fourth-order valence-electron chi connectivity index (χ4n) is 2.60. The molecule has 1 heterocycles. The maximum Gasteiger partial charge on any atom is 0.407 e. The van der Waals surface area contributed by atoms with E-state index >= 15 is 0 Å². The van der Waals surface area contributed by atoms with Crippen LogP contribution in [-0.4, -0.2) is 56.8 Å². The van der Waals surface area contributed by atoms with E-state index in [2.05, 4.69) is 20.7 Å². The number of likely N-dealkylation sites (tertiary alicyclic amines) is 1. The molecule has 1 fully saturated rings. The Bertz CT molecular complexity index is 697. The zero-order valence-electron chi connectivity index (χ0n) is 12.4. The Morgan fingerprint density at radius 1 is 1.57 bits per heavy atom. The minimum atomic E-state index is -3.86. The van der Waals surface area contributed by atoms with Crippen molar-refractivity contribution < 1.29 is 23.1 Å². The summed E-state index contributed by atoms with van der Waals surface area (Å²) < 4.78 is 33.4. The number of carboxylic acid groups (broad SMARTS) is 1. The molecule has 0 aromatic heterocycles. The highest BCUT2D eigenvalue weighted by Gasteiger charge is 2.37. The summed E-state index contributed by atoms with van der Waals surface area (Å²) in [4.78, 5) is 12.3. The maximum atomic E-state index is 12.6. The third-order valence-electron chi connectivity index (χ3n) is 3.67. The smallest absolute Gasteiger partial charge is 0.407 e. The molecule has 0 radical (unpaired) electrons. The number of hydrogen-bond acceptors (Lipinski definition) is 5. The predicted octanol–water partition coefficient (Wildman–Crippen LogP) is 0.816. The largest absolute Gasteiger partial charge is 0.495 e. The first-order valence-corrected chi connectivity index (χ1v) is 9.11. The standard InChI is InChI=1S/C13H18BrN3O5S/c1-22-11-3-2-8(14)4-12(11)23(20,21)16-9-5-10(6-15)17(7-9)13(18)19/h2-4,9-10,16H,5-7,15H2,1H3,(H,18,19)/t9-,10-/m1/s1. The number of rotatable bonds is 5. The highest BCUT2D eigenvalue weighted by Crippen LogP contribution is 2.28. The summed E-state index contributed by atoms with van der Waals surface area (Å²) in [5, 5.41) is 9.13. The molecule has 1 saturated heterocycles. The molecule has 2 atom stereocenters. The van der Waals surface area contributed by atoms with Crippen molar-refractivity contribution in [3.05, 3.63) is 22.7 Å². The van der Waals surface area contributed by atoms with E-state index in [4.69, 9.17) is 15.6 Å². The van der Waals surface area contributed by atoms with E-state index in [-0.39, 0.29) is 23.7 Å². The first kappa shape index (κ1) is 18.0. The number of nitrogens with zero attached hydrogens (tertiary/aromatic N) is 1. The van der Waals surface area contributed by atoms with Gasteiger partial charge in [-0.3, -0.25) is 0 Å². The second-order valence-electron chi connectivity index (χ2n) is 5.17. The molecule has 1 aromatic carbocycles. The van der Waals surface area contributed by atoms with Crippen LogP contribution in [0.3, 0.4) is 0 Å². The normalized spacial score (nSPS) is 21.4. The first-order valence-electron chi connectivity index (χ1n) is 6.84. The van der Waals surface area contributed by atoms with Crippen molar-refractivity contribution in [2.75, 3.05) is 20.2 Å². The van der Waals surface area contributed by atoms with Gasteiger partial charge >= 0.3 is 6.09 Å². The van der Waals surface area contributed by atoms with Gasteiger partial charge in [0.25, 0.3) is 0 Å². The molecule has 4 N–H and O–H groups in total. The van der Waals surface area contributed by atoms with Crippen LogP contribution in [0.4, 0.5) is 4.79 Å². The molecule has 1 aliphatic rings. The number of halogens is 1. The van der Waals surface area contributed by atoms with Gasteiger partial charge in [-0.15, -0.1) is 0 Å². The number of hydrogen-bond donors (Lipinski definition) is 3. The van der Waals surface area contributed by atoms with Gasteiger partial charge in [-0.05, 0) is 24.6 Å². The SMILES string of the molecule is COc1ccc(Br)cc1S(=O)(=O)N[C@@H]1C[C@H](CN)N(C(=O)O)C1. The molecule has 2 rings (SSSR count). The molecule has 0 spiro atoms. The summed E-state index contributed by atoms with van der Waals surface area (Å²) in [6.07, 6.45) is -0.777. The lowest BCUT2D eigenvalue weighted by atomic mass is 10.2. The van der Waals surface area contributed by atoms with Crippen LogP contribution in [-0.2, 0) is 10.0 Å². The number of methoxy groups -OCH3 is 1. The van der Waals surface area contributed by atoms with E-state index in [0.29, 0.717) is 10.9 Å². The molecule has 0 bridgehead atoms. The van der Waals surface area contributed by atoms with Crippen LogP contribution >= 0.6 is 15.9 Å². The quantitative estimate of drug-likeness (QED) is 0.663. The lowest BCUT2D eigenvalue weighted by Gasteiger charge is -2.19. The third-order valence-corrected chi connectivity index (χ3v) is 5.70. The molecule has 1 aromatic rings. The van der Waals surface area contributed by atoms with Crippen LogP contribution in [0.2, 0.25) is 0 Å². The lowest BCUT2D eigenvalue weighted by Crippen LogP contribution is -2.40. The van der Waals surface area contributed by atoms with Gasteiger partial charge in [0.1, 0.15) is 10.6 Å². The van der Waals surface area contributed by atoms with Crippen molar-refractivity contribution in [2.45, 2.75) is 23.4 Å². The van der Waals surface area contributed by atoms with Crippen LogP contribution in [0.5, 0.6) is 5.75 Å². The number of nitrogens with one attached hydrogen (secondary N) is 1. The average Bonchev–Trinajstić information content (AvgIpc) is 2.89. The Labute approximate surface area is 142 Å². The van der Waals surface area contributed by atoms with Crippen molar-refractivity contribution in [1.82, 2.24) is 9.62 Å². The van der Waals surface area contributed by atoms with Gasteiger partial charge in [0.05, 0.1) is 7.11 Å². The predicted molar refractivity (Wildman–Crippen MR) is 87.0 cm³/mol. The van der Waals surface area contributed by atoms with Gasteiger partial charge in [0, 0.05) is 29.6 Å². The highest BCUT2D eigenvalue weighted by atomic mass is 79.9. The highest BCUT2D eigenvalue weighted by molar-refractivity contribution is 9.10. The molecular formula is C13H18BrN3O5S. The van der Waals surface area contributed by atoms with Crippen molar-refractivity contribution in [3.63, 3.8) is 0 Å². The second-order valence-corrected chi connectivity index (χ2v) is 7.77. The minimum absolute atomic E-state index is 0.00699. The molecule has 0 saturated carbocycles. The fourth-order valence-corrected chi connectivity index (χ4v) is 4.55. The van der Waals surface area contributed by atoms with Gasteiger partial charge in [0.15, 0.2) is 0 Å². The van der Waals surface area contributed by atoms with Gasteiger partial charge in [0.2, 0.25) is 10.0 Å². The van der Waals surface area contributed by atoms with Crippen molar-refractivity contribution in [1.29, 1.82) is 0 Å². The van der Waals surface area contributed by atoms with E-state index in [1.54, 1.807) is 12.1 Å². The molecule has 8 nitrogen and oxygen atoms in total. The topological polar surface area (TPSA) is 122 Å². The number of nitrogens with two attached hydrogens (primary N) is 1. The van der Waals surface area contributed by atoms with Crippen LogP contribution in [0.25, 0.3) is 0 Å². The number of benzene rings is 1. The molecule has 10 heteroatoms. The molecule has 0 unspecified atom stereocenters. The Hall–Kier alpha value is -1.36. The molecule has 0 aliphatic carbocycles. The van der Waals surface area contributed by atoms with Crippen LogP contribution < -0.4 is 15.2 Å². The summed E-state index contributed by atoms with van der Waals surface area (Å²) in [6, 6.07) is 3.72. The minimum Gasteiger partial charge on any atom is -0.495 e. The summed E-state index contributed by atoms with van der Waals surface area (Å²) in [5.74, 6) is 0.212. The Balaban J connectivity index is 2.23. The number of carbonyl (C=O) groups is 1. The van der Waals surface area contributed by atoms with Gasteiger partial charge < -0.3 is 20.5 Å². The van der Waals surface area contributed by atoms with E-state index < -0.39 is 28.2 Å². The van der Waals surface area contributed by atoms with E-state index in [9.17, 15) is 13.2 Å². The summed E-state index contributed by atoms with van der Waals surface area (Å²) in [6.45, 7) is 0.206. The van der Waals surface area contributed by atoms with Crippen molar-refractivity contribution >= 4 is 32.0 Å². The zero-order chi connectivity index (χ0) is 17.2. The lowest BCUT2D eigenvalue weighted by molar-refractivity contribution is 0.141. The molecule has 1 amide bonds. The summed E-state index contributed by atoms with van der Waals surface area (Å²) in [5.41, 5.74) is 5.56. The van der Waals surface area contributed by atoms with Crippen LogP contribution in [0.1, 0.15) is 6.42 Å². The Morgan fingerprint density at radius 3 is 2.78 bits per heavy atom. The van der Waals surface area contributed by atoms with E-state index in [1.807, 2.05) is 0 Å². The second kappa shape index (κ2) is 7.04. The molecule has 23 heavy (non-hydrogen) atoms. The summed E-state index contributed by atoms with van der Waals surface area (Å²) in [7, 11) is -2.47. The van der Waals surface area contributed by atoms with Gasteiger partial charge in [-0.25, -0.2) is 17.9 Å². The fraction of sp³-hybridized carbons (Fsp3) is 0.462. The van der Waals surface area contributed by atoms with Crippen molar-refractivity contribution in [2.24, 2.45) is 5.73 Å². The number of amides is 1. The monoisotopic (exact) mass is 407 g/mol. The first-order chi connectivity index (χ1) is 10.8. The number of sulfonamides is 1. The summed E-state index contributed by atoms with van der Waals surface area (Å²) >= 11 is 3.23. The van der Waals surface area contributed by atoms with Crippen molar-refractivity contribution in [3.8, 4) is 5.75 Å². The molecule has 128 valence electrons. The third kappa shape index (κ3) is 3.94. The molecule has 1 aliphatic heterocycles. The van der Waals surface area contributed by atoms with Crippen LogP contribution in [0.15, 0.2) is 27.6 Å². The average molecular weight is 408 g/mol. The van der Waals surface area contributed by atoms with E-state index in [0.717, 1.165) is 4.90 Å². The number of ether oxygens (including phenoxy) is 1. The van der Waals surface area contributed by atoms with Gasteiger partial charge in [-0.2, -0.15) is 0 Å². The molecular weight excluding hydrogens is 390 g/mol. The maximum absolute atomic E-state index is 12.6. The van der Waals surface area contributed by atoms with E-state index in [1.165, 1.54) is 13.2 Å². The Morgan fingerprint density at radius 2 is 2.26 bits per heavy atom. The zero-order valence-corrected chi connectivity index (χ0v) is 14.8. The van der Waals surface area contributed by atoms with Crippen LogP contribution in [0, 0.1) is 0 Å². The Kier molecular flexibility index (Phi) is 5.50.